The molecule has 2 heterocycles. The molecule has 0 bridgehead atoms. The van der Waals surface area contributed by atoms with Crippen molar-refractivity contribution in [3.63, 3.8) is 0 Å². The number of carboxylic acids is 1. The van der Waals surface area contributed by atoms with E-state index in [4.69, 9.17) is 9.63 Å². The van der Waals surface area contributed by atoms with Gasteiger partial charge in [0.15, 0.2) is 17.5 Å². The highest BCUT2D eigenvalue weighted by molar-refractivity contribution is 5.88. The second kappa shape index (κ2) is 5.42. The molecule has 0 amide bonds. The first kappa shape index (κ1) is 12.9. The number of halogens is 1. The molecule has 0 fully saturated rings. The van der Waals surface area contributed by atoms with E-state index >= 15 is 0 Å². The summed E-state index contributed by atoms with van der Waals surface area (Å²) >= 11 is 0. The van der Waals surface area contributed by atoms with Crippen molar-refractivity contribution >= 4 is 11.8 Å². The van der Waals surface area contributed by atoms with E-state index < -0.39 is 17.3 Å². The van der Waals surface area contributed by atoms with E-state index in [1.165, 1.54) is 6.20 Å². The minimum Gasteiger partial charge on any atom is -0.478 e. The molecule has 0 saturated carbocycles. The van der Waals surface area contributed by atoms with Crippen LogP contribution in [0.1, 0.15) is 22.1 Å². The molecular formula is C11H11FN4O3. The summed E-state index contributed by atoms with van der Waals surface area (Å²) in [6, 6.07) is 1.10. The molecule has 8 heteroatoms. The molecule has 0 radical (unpaired) electrons. The lowest BCUT2D eigenvalue weighted by atomic mass is 10.2. The van der Waals surface area contributed by atoms with Crippen LogP contribution >= 0.6 is 0 Å². The van der Waals surface area contributed by atoms with Crippen LogP contribution in [0.5, 0.6) is 0 Å². The minimum atomic E-state index is -1.34. The topological polar surface area (TPSA) is 101 Å². The fourth-order valence-corrected chi connectivity index (χ4v) is 1.47. The molecule has 19 heavy (non-hydrogen) atoms. The Morgan fingerprint density at radius 3 is 3.00 bits per heavy atom. The van der Waals surface area contributed by atoms with E-state index in [-0.39, 0.29) is 5.82 Å². The number of aryl methyl sites for hydroxylation is 1. The molecular weight excluding hydrogens is 255 g/mol. The highest BCUT2D eigenvalue weighted by atomic mass is 19.1. The molecule has 0 aliphatic rings. The molecule has 2 aromatic rings. The zero-order valence-corrected chi connectivity index (χ0v) is 10.1. The van der Waals surface area contributed by atoms with E-state index in [2.05, 4.69) is 20.4 Å². The van der Waals surface area contributed by atoms with Gasteiger partial charge in [-0.2, -0.15) is 4.98 Å². The van der Waals surface area contributed by atoms with Crippen LogP contribution in [0.15, 0.2) is 16.8 Å². The van der Waals surface area contributed by atoms with E-state index in [0.717, 1.165) is 6.07 Å². The Morgan fingerprint density at radius 1 is 1.58 bits per heavy atom. The summed E-state index contributed by atoms with van der Waals surface area (Å²) in [5, 5.41) is 15.1. The van der Waals surface area contributed by atoms with Gasteiger partial charge in [0.2, 0.25) is 5.89 Å². The number of carbonyl (C=O) groups is 1. The molecule has 0 saturated heterocycles. The quantitative estimate of drug-likeness (QED) is 0.840. The summed E-state index contributed by atoms with van der Waals surface area (Å²) in [4.78, 5) is 18.5. The SMILES string of the molecule is Cc1nc(CCNc2nccc(C(=O)O)c2F)no1. The van der Waals surface area contributed by atoms with Crippen molar-refractivity contribution in [3.05, 3.63) is 35.4 Å². The van der Waals surface area contributed by atoms with Gasteiger partial charge in [0, 0.05) is 26.1 Å². The van der Waals surface area contributed by atoms with Crippen molar-refractivity contribution in [3.8, 4) is 0 Å². The summed E-state index contributed by atoms with van der Waals surface area (Å²) in [6.07, 6.45) is 1.64. The van der Waals surface area contributed by atoms with Gasteiger partial charge in [0.05, 0.1) is 0 Å². The Bertz CT molecular complexity index is 599. The Labute approximate surface area is 107 Å². The molecule has 0 aromatic carbocycles. The fraction of sp³-hybridized carbons (Fsp3) is 0.273. The van der Waals surface area contributed by atoms with Gasteiger partial charge in [-0.1, -0.05) is 5.16 Å². The maximum atomic E-state index is 13.7. The second-order valence-electron chi connectivity index (χ2n) is 3.73. The summed E-state index contributed by atoms with van der Waals surface area (Å²) in [5.41, 5.74) is -0.423. The van der Waals surface area contributed by atoms with E-state index in [0.29, 0.717) is 24.7 Å². The van der Waals surface area contributed by atoms with E-state index in [1.54, 1.807) is 6.92 Å². The maximum absolute atomic E-state index is 13.7. The molecule has 0 spiro atoms. The fourth-order valence-electron chi connectivity index (χ4n) is 1.47. The number of carboxylic acid groups (broad SMARTS) is 1. The molecule has 0 aliphatic carbocycles. The number of rotatable bonds is 5. The number of anilines is 1. The molecule has 100 valence electrons. The highest BCUT2D eigenvalue weighted by Crippen LogP contribution is 2.14. The maximum Gasteiger partial charge on any atom is 0.338 e. The third-order valence-corrected chi connectivity index (χ3v) is 2.33. The van der Waals surface area contributed by atoms with Crippen LogP contribution in [0.2, 0.25) is 0 Å². The zero-order chi connectivity index (χ0) is 13.8. The molecule has 0 aliphatic heterocycles. The van der Waals surface area contributed by atoms with Crippen LogP contribution in [0.25, 0.3) is 0 Å². The summed E-state index contributed by atoms with van der Waals surface area (Å²) in [6.45, 7) is 1.98. The molecule has 7 nitrogen and oxygen atoms in total. The lowest BCUT2D eigenvalue weighted by molar-refractivity contribution is 0.0692. The van der Waals surface area contributed by atoms with Crippen molar-refractivity contribution in [2.75, 3.05) is 11.9 Å². The zero-order valence-electron chi connectivity index (χ0n) is 10.1. The number of hydrogen-bond acceptors (Lipinski definition) is 6. The lowest BCUT2D eigenvalue weighted by Gasteiger charge is -2.06. The van der Waals surface area contributed by atoms with Crippen LogP contribution < -0.4 is 5.32 Å². The Balaban J connectivity index is 2.00. The first-order valence-corrected chi connectivity index (χ1v) is 5.49. The van der Waals surface area contributed by atoms with Crippen molar-refractivity contribution < 1.29 is 18.8 Å². The van der Waals surface area contributed by atoms with Crippen LogP contribution in [0.3, 0.4) is 0 Å². The highest BCUT2D eigenvalue weighted by Gasteiger charge is 2.14. The predicted molar refractivity (Wildman–Crippen MR) is 62.4 cm³/mol. The molecule has 2 aromatic heterocycles. The number of nitrogens with zero attached hydrogens (tertiary/aromatic N) is 3. The number of hydrogen-bond donors (Lipinski definition) is 2. The van der Waals surface area contributed by atoms with Crippen LogP contribution in [0, 0.1) is 12.7 Å². The van der Waals surface area contributed by atoms with Gasteiger partial charge in [0.25, 0.3) is 0 Å². The van der Waals surface area contributed by atoms with E-state index in [1.807, 2.05) is 0 Å². The van der Waals surface area contributed by atoms with Gasteiger partial charge < -0.3 is 14.9 Å². The van der Waals surface area contributed by atoms with Crippen LogP contribution in [-0.2, 0) is 6.42 Å². The number of nitrogens with one attached hydrogen (secondary N) is 1. The number of aromatic nitrogens is 3. The predicted octanol–water partition coefficient (Wildman–Crippen LogP) is 1.26. The third-order valence-electron chi connectivity index (χ3n) is 2.33. The Kier molecular flexibility index (Phi) is 3.69. The number of pyridine rings is 1. The van der Waals surface area contributed by atoms with Crippen molar-refractivity contribution in [2.45, 2.75) is 13.3 Å². The summed E-state index contributed by atoms with van der Waals surface area (Å²) in [7, 11) is 0. The first-order chi connectivity index (χ1) is 9.08. The Hall–Kier alpha value is -2.51. The molecule has 2 N–H and O–H groups in total. The Morgan fingerprint density at radius 2 is 2.37 bits per heavy atom. The van der Waals surface area contributed by atoms with E-state index in [9.17, 15) is 9.18 Å². The van der Waals surface area contributed by atoms with Gasteiger partial charge in [-0.15, -0.1) is 0 Å². The normalized spacial score (nSPS) is 10.4. The number of aromatic carboxylic acids is 1. The average Bonchev–Trinajstić information content (AvgIpc) is 2.77. The van der Waals surface area contributed by atoms with Crippen molar-refractivity contribution in [1.29, 1.82) is 0 Å². The van der Waals surface area contributed by atoms with Crippen LogP contribution in [0.4, 0.5) is 10.2 Å². The lowest BCUT2D eigenvalue weighted by Crippen LogP contribution is -2.11. The van der Waals surface area contributed by atoms with Gasteiger partial charge in [-0.05, 0) is 6.07 Å². The van der Waals surface area contributed by atoms with Gasteiger partial charge in [-0.3, -0.25) is 0 Å². The molecule has 0 atom stereocenters. The van der Waals surface area contributed by atoms with Gasteiger partial charge in [0.1, 0.15) is 5.56 Å². The monoisotopic (exact) mass is 266 g/mol. The summed E-state index contributed by atoms with van der Waals surface area (Å²) < 4.78 is 18.5. The van der Waals surface area contributed by atoms with Crippen molar-refractivity contribution in [1.82, 2.24) is 15.1 Å². The minimum absolute atomic E-state index is 0.111. The van der Waals surface area contributed by atoms with Crippen LogP contribution in [-0.4, -0.2) is 32.7 Å². The average molecular weight is 266 g/mol. The largest absolute Gasteiger partial charge is 0.478 e. The van der Waals surface area contributed by atoms with Gasteiger partial charge >= 0.3 is 5.97 Å². The molecule has 2 rings (SSSR count). The van der Waals surface area contributed by atoms with Crippen molar-refractivity contribution in [2.24, 2.45) is 0 Å². The standard InChI is InChI=1S/C11H11FN4O3/c1-6-15-8(16-19-6)3-5-14-10-9(12)7(11(17)18)2-4-13-10/h2,4H,3,5H2,1H3,(H,13,14)(H,17,18). The first-order valence-electron chi connectivity index (χ1n) is 5.49. The smallest absolute Gasteiger partial charge is 0.338 e. The third kappa shape index (κ3) is 3.03. The second-order valence-corrected chi connectivity index (χ2v) is 3.73. The van der Waals surface area contributed by atoms with Gasteiger partial charge in [-0.25, -0.2) is 14.2 Å². The molecule has 0 unspecified atom stereocenters. The summed E-state index contributed by atoms with van der Waals surface area (Å²) in [5.74, 6) is -1.40.